The summed E-state index contributed by atoms with van der Waals surface area (Å²) in [5.74, 6) is 1.86. The average Bonchev–Trinajstić information content (AvgIpc) is 3.39. The molecule has 1 aliphatic rings. The number of nitrogens with two attached hydrogens (primary N) is 1. The third-order valence-electron chi connectivity index (χ3n) is 4.77. The summed E-state index contributed by atoms with van der Waals surface area (Å²) in [6.45, 7) is 10.5. The molecular formula is C22H25N3O4S. The number of ether oxygens (including phenoxy) is 3. The second-order valence-electron chi connectivity index (χ2n) is 7.78. The molecule has 0 atom stereocenters. The molecule has 7 nitrogen and oxygen atoms in total. The summed E-state index contributed by atoms with van der Waals surface area (Å²) in [6.07, 6.45) is 1.60. The van der Waals surface area contributed by atoms with Crippen molar-refractivity contribution in [1.82, 2.24) is 10.1 Å². The standard InChI is InChI=1S/C22H25N3O4S/c1-12-8-17(30-18(12)9-23)21-24-20(25-29-21)15-6-13(2)19(14(3)7-15)26-10-16-11-27-22(4,5)28-16/h6-8,11H,9-10,23H2,1-5H3. The Hall–Kier alpha value is -2.84. The molecule has 0 bridgehead atoms. The first-order chi connectivity index (χ1) is 14.3. The van der Waals surface area contributed by atoms with Crippen molar-refractivity contribution in [3.8, 4) is 27.9 Å². The molecule has 8 heteroatoms. The highest BCUT2D eigenvalue weighted by molar-refractivity contribution is 7.15. The maximum atomic E-state index is 5.99. The van der Waals surface area contributed by atoms with E-state index in [0.29, 0.717) is 30.6 Å². The number of aromatic nitrogens is 2. The van der Waals surface area contributed by atoms with Gasteiger partial charge in [-0.05, 0) is 55.7 Å². The van der Waals surface area contributed by atoms with Crippen molar-refractivity contribution in [1.29, 1.82) is 0 Å². The molecule has 4 rings (SSSR count). The molecule has 1 aromatic carbocycles. The van der Waals surface area contributed by atoms with E-state index < -0.39 is 5.79 Å². The lowest BCUT2D eigenvalue weighted by Gasteiger charge is -2.19. The first-order valence-corrected chi connectivity index (χ1v) is 10.5. The minimum absolute atomic E-state index is 0.304. The van der Waals surface area contributed by atoms with Gasteiger partial charge in [0.2, 0.25) is 11.6 Å². The molecule has 2 aromatic heterocycles. The van der Waals surface area contributed by atoms with E-state index in [0.717, 1.165) is 37.8 Å². The predicted octanol–water partition coefficient (Wildman–Crippen LogP) is 4.85. The fraction of sp³-hybridized carbons (Fsp3) is 0.364. The molecule has 30 heavy (non-hydrogen) atoms. The minimum atomic E-state index is -0.644. The lowest BCUT2D eigenvalue weighted by molar-refractivity contribution is -0.119. The van der Waals surface area contributed by atoms with Gasteiger partial charge in [0, 0.05) is 30.8 Å². The number of rotatable bonds is 6. The number of hydrogen-bond acceptors (Lipinski definition) is 8. The van der Waals surface area contributed by atoms with Crippen molar-refractivity contribution in [3.63, 3.8) is 0 Å². The fourth-order valence-corrected chi connectivity index (χ4v) is 4.33. The van der Waals surface area contributed by atoms with Crippen LogP contribution in [0.4, 0.5) is 0 Å². The molecule has 0 aliphatic carbocycles. The summed E-state index contributed by atoms with van der Waals surface area (Å²) in [6, 6.07) is 6.01. The van der Waals surface area contributed by atoms with Gasteiger partial charge in [-0.2, -0.15) is 4.98 Å². The largest absolute Gasteiger partial charge is 0.485 e. The van der Waals surface area contributed by atoms with Crippen molar-refractivity contribution in [3.05, 3.63) is 51.8 Å². The van der Waals surface area contributed by atoms with Gasteiger partial charge in [-0.3, -0.25) is 0 Å². The predicted molar refractivity (Wildman–Crippen MR) is 115 cm³/mol. The zero-order valence-corrected chi connectivity index (χ0v) is 18.6. The van der Waals surface area contributed by atoms with E-state index in [-0.39, 0.29) is 0 Å². The molecule has 0 fully saturated rings. The summed E-state index contributed by atoms with van der Waals surface area (Å²) in [7, 11) is 0. The smallest absolute Gasteiger partial charge is 0.268 e. The summed E-state index contributed by atoms with van der Waals surface area (Å²) in [5.41, 5.74) is 9.75. The van der Waals surface area contributed by atoms with Gasteiger partial charge in [-0.15, -0.1) is 11.3 Å². The van der Waals surface area contributed by atoms with Crippen molar-refractivity contribution < 1.29 is 18.7 Å². The third-order valence-corrected chi connectivity index (χ3v) is 6.02. The zero-order valence-electron chi connectivity index (χ0n) is 17.7. The molecular weight excluding hydrogens is 402 g/mol. The molecule has 0 unspecified atom stereocenters. The van der Waals surface area contributed by atoms with Gasteiger partial charge in [0.15, 0.2) is 5.76 Å². The van der Waals surface area contributed by atoms with Crippen molar-refractivity contribution >= 4 is 11.3 Å². The Morgan fingerprint density at radius 1 is 1.10 bits per heavy atom. The van der Waals surface area contributed by atoms with Gasteiger partial charge < -0.3 is 24.5 Å². The summed E-state index contributed by atoms with van der Waals surface area (Å²) in [5, 5.41) is 4.17. The highest BCUT2D eigenvalue weighted by atomic mass is 32.1. The van der Waals surface area contributed by atoms with Crippen LogP contribution in [0.5, 0.6) is 5.75 Å². The molecule has 3 heterocycles. The highest BCUT2D eigenvalue weighted by Gasteiger charge is 2.28. The molecule has 0 saturated carbocycles. The van der Waals surface area contributed by atoms with Crippen molar-refractivity contribution in [2.75, 3.05) is 6.61 Å². The Bertz CT molecular complexity index is 1090. The fourth-order valence-electron chi connectivity index (χ4n) is 3.35. The number of hydrogen-bond donors (Lipinski definition) is 1. The third kappa shape index (κ3) is 4.06. The van der Waals surface area contributed by atoms with Gasteiger partial charge in [-0.25, -0.2) is 0 Å². The lowest BCUT2D eigenvalue weighted by atomic mass is 10.1. The van der Waals surface area contributed by atoms with E-state index in [2.05, 4.69) is 10.1 Å². The van der Waals surface area contributed by atoms with Crippen LogP contribution in [0.15, 0.2) is 34.7 Å². The Kier molecular flexibility index (Phi) is 5.29. The van der Waals surface area contributed by atoms with Gasteiger partial charge in [0.05, 0.1) is 4.88 Å². The SMILES string of the molecule is Cc1cc(-c2nc(-c3cc(C)c(OCC4=COC(C)(C)O4)c(C)c3)no2)sc1CN. The molecule has 1 aliphatic heterocycles. The first-order valence-electron chi connectivity index (χ1n) is 9.69. The molecule has 0 saturated heterocycles. The van der Waals surface area contributed by atoms with E-state index in [9.17, 15) is 0 Å². The minimum Gasteiger partial charge on any atom is -0.485 e. The van der Waals surface area contributed by atoms with E-state index in [1.54, 1.807) is 17.6 Å². The van der Waals surface area contributed by atoms with Crippen LogP contribution in [0.2, 0.25) is 0 Å². The second-order valence-corrected chi connectivity index (χ2v) is 8.91. The Morgan fingerprint density at radius 3 is 2.43 bits per heavy atom. The number of thiophene rings is 1. The van der Waals surface area contributed by atoms with Crippen LogP contribution in [0, 0.1) is 20.8 Å². The van der Waals surface area contributed by atoms with Crippen LogP contribution >= 0.6 is 11.3 Å². The van der Waals surface area contributed by atoms with E-state index in [4.69, 9.17) is 24.5 Å². The van der Waals surface area contributed by atoms with Gasteiger partial charge in [0.1, 0.15) is 18.6 Å². The van der Waals surface area contributed by atoms with Crippen molar-refractivity contribution in [2.24, 2.45) is 5.73 Å². The molecule has 0 radical (unpaired) electrons. The number of aryl methyl sites for hydroxylation is 3. The summed E-state index contributed by atoms with van der Waals surface area (Å²) in [4.78, 5) is 6.63. The van der Waals surface area contributed by atoms with Crippen LogP contribution in [0.25, 0.3) is 22.2 Å². The first kappa shape index (κ1) is 20.4. The van der Waals surface area contributed by atoms with E-state index >= 15 is 0 Å². The van der Waals surface area contributed by atoms with Crippen LogP contribution in [-0.2, 0) is 16.0 Å². The van der Waals surface area contributed by atoms with Crippen molar-refractivity contribution in [2.45, 2.75) is 47.0 Å². The summed E-state index contributed by atoms with van der Waals surface area (Å²) < 4.78 is 22.6. The lowest BCUT2D eigenvalue weighted by Crippen LogP contribution is -2.21. The van der Waals surface area contributed by atoms with E-state index in [1.165, 1.54) is 0 Å². The van der Waals surface area contributed by atoms with Gasteiger partial charge >= 0.3 is 0 Å². The average molecular weight is 428 g/mol. The molecule has 0 spiro atoms. The quantitative estimate of drug-likeness (QED) is 0.601. The summed E-state index contributed by atoms with van der Waals surface area (Å²) >= 11 is 1.58. The molecule has 3 aromatic rings. The molecule has 158 valence electrons. The number of nitrogens with zero attached hydrogens (tertiary/aromatic N) is 2. The molecule has 0 amide bonds. The van der Waals surface area contributed by atoms with Crippen LogP contribution in [0.1, 0.15) is 35.4 Å². The van der Waals surface area contributed by atoms with Crippen LogP contribution in [-0.4, -0.2) is 22.5 Å². The second kappa shape index (κ2) is 7.77. The normalized spacial score (nSPS) is 14.9. The highest BCUT2D eigenvalue weighted by Crippen LogP contribution is 2.34. The van der Waals surface area contributed by atoms with Gasteiger partial charge in [0.25, 0.3) is 5.89 Å². The Balaban J connectivity index is 1.52. The molecule has 2 N–H and O–H groups in total. The van der Waals surface area contributed by atoms with E-state index in [1.807, 2.05) is 52.8 Å². The topological polar surface area (TPSA) is 92.6 Å². The Labute approximate surface area is 179 Å². The van der Waals surface area contributed by atoms with Crippen LogP contribution in [0.3, 0.4) is 0 Å². The van der Waals surface area contributed by atoms with Crippen LogP contribution < -0.4 is 10.5 Å². The maximum Gasteiger partial charge on any atom is 0.268 e. The zero-order chi connectivity index (χ0) is 21.5. The Morgan fingerprint density at radius 2 is 1.83 bits per heavy atom. The monoisotopic (exact) mass is 427 g/mol. The maximum absolute atomic E-state index is 5.99. The van der Waals surface area contributed by atoms with Gasteiger partial charge in [-0.1, -0.05) is 5.16 Å². The number of benzene rings is 1.